The lowest BCUT2D eigenvalue weighted by Crippen LogP contribution is -2.11. The van der Waals surface area contributed by atoms with E-state index in [2.05, 4.69) is 284 Å². The Morgan fingerprint density at radius 2 is 0.652 bits per heavy atom. The van der Waals surface area contributed by atoms with Crippen LogP contribution in [0.5, 0.6) is 0 Å². The van der Waals surface area contributed by atoms with Crippen molar-refractivity contribution in [2.75, 3.05) is 14.7 Å². The van der Waals surface area contributed by atoms with Gasteiger partial charge in [0, 0.05) is 57.1 Å². The van der Waals surface area contributed by atoms with Crippen LogP contribution in [0.15, 0.2) is 249 Å². The van der Waals surface area contributed by atoms with Gasteiger partial charge in [0.25, 0.3) is 0 Å². The number of hydrogen-bond acceptors (Lipinski definition) is 3. The number of allylic oxidation sites excluding steroid dienone is 4. The predicted octanol–water partition coefficient (Wildman–Crippen LogP) is 17.7. The zero-order valence-corrected chi connectivity index (χ0v) is 37.8. The van der Waals surface area contributed by atoms with Crippen LogP contribution in [-0.4, -0.2) is 0 Å². The fraction of sp³-hybridized carbons (Fsp3) is 0.0794. The Morgan fingerprint density at radius 1 is 0.318 bits per heavy atom. The first-order valence-corrected chi connectivity index (χ1v) is 22.9. The quantitative estimate of drug-likeness (QED) is 0.121. The first-order valence-electron chi connectivity index (χ1n) is 22.9. The van der Waals surface area contributed by atoms with Gasteiger partial charge in [-0.1, -0.05) is 140 Å². The summed E-state index contributed by atoms with van der Waals surface area (Å²) < 4.78 is 0. The molecule has 320 valence electrons. The van der Waals surface area contributed by atoms with Gasteiger partial charge < -0.3 is 14.7 Å². The molecule has 66 heavy (non-hydrogen) atoms. The van der Waals surface area contributed by atoms with Crippen LogP contribution in [0.3, 0.4) is 0 Å². The summed E-state index contributed by atoms with van der Waals surface area (Å²) >= 11 is 0. The lowest BCUT2D eigenvalue weighted by Gasteiger charge is -2.28. The van der Waals surface area contributed by atoms with E-state index in [1.54, 1.807) is 0 Å². The average molecular weight is 852 g/mol. The Morgan fingerprint density at radius 3 is 1.03 bits per heavy atom. The van der Waals surface area contributed by atoms with Crippen molar-refractivity contribution >= 4 is 62.3 Å². The topological polar surface area (TPSA) is 9.72 Å². The SMILES string of the molecule is Cc1cccc(N(c2ccccc2)c2ccc(C3=CC(c4ccc(N(c5ccccc5)c5cccc(C)c5)cc4)CC(c4ccc(N(c5ccccc5)c5cccc(C)c5)cc4)=C3)cc2)c1. The Labute approximate surface area is 390 Å². The number of benzene rings is 9. The summed E-state index contributed by atoms with van der Waals surface area (Å²) in [5.41, 5.74) is 20.1. The highest BCUT2D eigenvalue weighted by atomic mass is 15.2. The van der Waals surface area contributed by atoms with Gasteiger partial charge in [-0.3, -0.25) is 0 Å². The predicted molar refractivity (Wildman–Crippen MR) is 281 cm³/mol. The summed E-state index contributed by atoms with van der Waals surface area (Å²) in [7, 11) is 0. The molecule has 0 radical (unpaired) electrons. The molecule has 9 aromatic carbocycles. The summed E-state index contributed by atoms with van der Waals surface area (Å²) in [6, 6.07) is 85.6. The second-order valence-corrected chi connectivity index (χ2v) is 17.3. The molecular formula is C63H53N3. The number of nitrogens with zero attached hydrogens (tertiary/aromatic N) is 3. The fourth-order valence-corrected chi connectivity index (χ4v) is 9.27. The van der Waals surface area contributed by atoms with Crippen molar-refractivity contribution in [3.63, 3.8) is 0 Å². The molecule has 0 fully saturated rings. The van der Waals surface area contributed by atoms with E-state index in [1.807, 2.05) is 0 Å². The summed E-state index contributed by atoms with van der Waals surface area (Å²) in [5.74, 6) is 0.166. The third-order valence-electron chi connectivity index (χ3n) is 12.5. The van der Waals surface area contributed by atoms with Crippen LogP contribution in [0.1, 0.15) is 45.7 Å². The van der Waals surface area contributed by atoms with Crippen molar-refractivity contribution in [3.8, 4) is 0 Å². The van der Waals surface area contributed by atoms with Gasteiger partial charge >= 0.3 is 0 Å². The molecule has 1 aliphatic carbocycles. The maximum Gasteiger partial charge on any atom is 0.0464 e. The van der Waals surface area contributed by atoms with Crippen molar-refractivity contribution in [3.05, 3.63) is 282 Å². The van der Waals surface area contributed by atoms with E-state index in [4.69, 9.17) is 0 Å². The highest BCUT2D eigenvalue weighted by molar-refractivity contribution is 5.89. The van der Waals surface area contributed by atoms with Gasteiger partial charge in [-0.05, 0) is 181 Å². The van der Waals surface area contributed by atoms with Crippen LogP contribution in [0.2, 0.25) is 0 Å². The smallest absolute Gasteiger partial charge is 0.0464 e. The second kappa shape index (κ2) is 18.9. The lowest BCUT2D eigenvalue weighted by atomic mass is 9.81. The van der Waals surface area contributed by atoms with Crippen molar-refractivity contribution < 1.29 is 0 Å². The molecule has 0 heterocycles. The van der Waals surface area contributed by atoms with Crippen LogP contribution in [0.25, 0.3) is 11.1 Å². The summed E-state index contributed by atoms with van der Waals surface area (Å²) in [6.45, 7) is 6.46. The van der Waals surface area contributed by atoms with Gasteiger partial charge in [-0.2, -0.15) is 0 Å². The van der Waals surface area contributed by atoms with Gasteiger partial charge in [0.05, 0.1) is 0 Å². The molecule has 0 aromatic heterocycles. The molecule has 1 atom stereocenters. The van der Waals surface area contributed by atoms with E-state index in [9.17, 15) is 0 Å². The molecular weight excluding hydrogens is 799 g/mol. The highest BCUT2D eigenvalue weighted by Crippen LogP contribution is 2.43. The molecule has 0 N–H and O–H groups in total. The fourth-order valence-electron chi connectivity index (χ4n) is 9.27. The Balaban J connectivity index is 1.03. The Kier molecular flexibility index (Phi) is 12.0. The highest BCUT2D eigenvalue weighted by Gasteiger charge is 2.22. The minimum atomic E-state index is 0.166. The van der Waals surface area contributed by atoms with Crippen LogP contribution in [0.4, 0.5) is 51.2 Å². The van der Waals surface area contributed by atoms with Crippen LogP contribution < -0.4 is 14.7 Å². The molecule has 0 saturated heterocycles. The monoisotopic (exact) mass is 851 g/mol. The Hall–Kier alpha value is -8.14. The zero-order chi connectivity index (χ0) is 44.8. The number of hydrogen-bond donors (Lipinski definition) is 0. The maximum atomic E-state index is 2.47. The van der Waals surface area contributed by atoms with E-state index in [-0.39, 0.29) is 5.92 Å². The zero-order valence-electron chi connectivity index (χ0n) is 37.8. The van der Waals surface area contributed by atoms with E-state index in [0.717, 1.165) is 57.6 Å². The van der Waals surface area contributed by atoms with Crippen LogP contribution in [-0.2, 0) is 0 Å². The van der Waals surface area contributed by atoms with Gasteiger partial charge in [0.2, 0.25) is 0 Å². The number of anilines is 9. The normalized spacial score (nSPS) is 13.3. The molecule has 0 aliphatic heterocycles. The average Bonchev–Trinajstić information content (AvgIpc) is 3.36. The molecule has 10 rings (SSSR count). The molecule has 9 aromatic rings. The van der Waals surface area contributed by atoms with Crippen molar-refractivity contribution in [1.29, 1.82) is 0 Å². The number of para-hydroxylation sites is 3. The minimum absolute atomic E-state index is 0.166. The molecule has 1 unspecified atom stereocenters. The second-order valence-electron chi connectivity index (χ2n) is 17.3. The van der Waals surface area contributed by atoms with Gasteiger partial charge in [0.1, 0.15) is 0 Å². The van der Waals surface area contributed by atoms with Crippen molar-refractivity contribution in [1.82, 2.24) is 0 Å². The first-order chi connectivity index (χ1) is 32.4. The molecule has 1 aliphatic rings. The molecule has 0 bridgehead atoms. The van der Waals surface area contributed by atoms with E-state index < -0.39 is 0 Å². The first kappa shape index (κ1) is 41.8. The molecule has 0 saturated carbocycles. The standard InChI is InChI=1S/C63H53N3/c1-46-16-13-25-61(40-46)64(55-19-7-4-8-20-55)58-34-28-49(29-35-58)52-43-53(50-30-36-59(37-31-50)65(56-21-9-5-10-22-56)62-26-14-17-47(2)41-62)45-54(44-52)51-32-38-60(39-33-51)66(57-23-11-6-12-24-57)63-27-15-18-48(3)42-63/h4-44,53H,45H2,1-3H3. The summed E-state index contributed by atoms with van der Waals surface area (Å²) in [4.78, 5) is 7.02. The van der Waals surface area contributed by atoms with Crippen LogP contribution >= 0.6 is 0 Å². The van der Waals surface area contributed by atoms with Crippen molar-refractivity contribution in [2.24, 2.45) is 0 Å². The van der Waals surface area contributed by atoms with E-state index >= 15 is 0 Å². The van der Waals surface area contributed by atoms with Gasteiger partial charge in [0.15, 0.2) is 0 Å². The lowest BCUT2D eigenvalue weighted by molar-refractivity contribution is 0.870. The van der Waals surface area contributed by atoms with Crippen LogP contribution in [0, 0.1) is 20.8 Å². The van der Waals surface area contributed by atoms with Gasteiger partial charge in [-0.25, -0.2) is 0 Å². The third kappa shape index (κ3) is 9.11. The van der Waals surface area contributed by atoms with E-state index in [0.29, 0.717) is 0 Å². The van der Waals surface area contributed by atoms with Crippen molar-refractivity contribution in [2.45, 2.75) is 33.1 Å². The number of aryl methyl sites for hydroxylation is 3. The number of rotatable bonds is 12. The molecule has 0 spiro atoms. The molecule has 3 nitrogen and oxygen atoms in total. The summed E-state index contributed by atoms with van der Waals surface area (Å²) in [5, 5.41) is 0. The molecule has 0 amide bonds. The summed E-state index contributed by atoms with van der Waals surface area (Å²) in [6.07, 6.45) is 5.77. The minimum Gasteiger partial charge on any atom is -0.310 e. The molecule has 3 heteroatoms. The Bertz CT molecular complexity index is 3120. The largest absolute Gasteiger partial charge is 0.310 e. The van der Waals surface area contributed by atoms with E-state index in [1.165, 1.54) is 44.5 Å². The maximum absolute atomic E-state index is 2.47. The third-order valence-corrected chi connectivity index (χ3v) is 12.5. The van der Waals surface area contributed by atoms with Gasteiger partial charge in [-0.15, -0.1) is 0 Å².